The van der Waals surface area contributed by atoms with E-state index in [-0.39, 0.29) is 29.3 Å². The average molecular weight is 423 g/mol. The van der Waals surface area contributed by atoms with Gasteiger partial charge < -0.3 is 9.84 Å². The second kappa shape index (κ2) is 8.28. The molecule has 30 heavy (non-hydrogen) atoms. The number of hydrogen-bond donors (Lipinski definition) is 2. The van der Waals surface area contributed by atoms with E-state index in [1.165, 1.54) is 11.3 Å². The topological polar surface area (TPSA) is 88.5 Å². The molecule has 2 aromatic carbocycles. The van der Waals surface area contributed by atoms with Gasteiger partial charge in [-0.2, -0.15) is 0 Å². The van der Waals surface area contributed by atoms with Crippen LogP contribution in [0.5, 0.6) is 0 Å². The summed E-state index contributed by atoms with van der Waals surface area (Å²) in [6.45, 7) is 4.20. The van der Waals surface area contributed by atoms with Gasteiger partial charge in [-0.15, -0.1) is 11.3 Å². The summed E-state index contributed by atoms with van der Waals surface area (Å²) in [6.07, 6.45) is -0.0512. The summed E-state index contributed by atoms with van der Waals surface area (Å²) >= 11 is 1.18. The SMILES string of the molecule is CC(C)Cc1sc(NC(=O)OCC2c3ccccc3-c3ccccc32)nc1C(=O)O. The zero-order valence-electron chi connectivity index (χ0n) is 16.7. The van der Waals surface area contributed by atoms with Crippen LogP contribution in [0, 0.1) is 5.92 Å². The lowest BCUT2D eigenvalue weighted by Gasteiger charge is -2.14. The van der Waals surface area contributed by atoms with E-state index in [0.717, 1.165) is 22.3 Å². The molecular formula is C23H22N2O4S. The molecule has 1 amide bonds. The van der Waals surface area contributed by atoms with Crippen LogP contribution in [0.25, 0.3) is 11.1 Å². The summed E-state index contributed by atoms with van der Waals surface area (Å²) < 4.78 is 5.50. The number of thiazole rings is 1. The number of carboxylic acids is 1. The van der Waals surface area contributed by atoms with Crippen molar-refractivity contribution in [2.75, 3.05) is 11.9 Å². The number of fused-ring (bicyclic) bond motifs is 3. The molecule has 0 saturated carbocycles. The molecule has 0 aliphatic heterocycles. The van der Waals surface area contributed by atoms with Gasteiger partial charge in [0.15, 0.2) is 10.8 Å². The Morgan fingerprint density at radius 1 is 1.10 bits per heavy atom. The van der Waals surface area contributed by atoms with E-state index >= 15 is 0 Å². The van der Waals surface area contributed by atoms with Crippen molar-refractivity contribution in [3.8, 4) is 11.1 Å². The third kappa shape index (κ3) is 3.93. The fourth-order valence-corrected chi connectivity index (χ4v) is 4.95. The molecule has 1 aliphatic rings. The Hall–Kier alpha value is -3.19. The van der Waals surface area contributed by atoms with E-state index in [4.69, 9.17) is 4.74 Å². The van der Waals surface area contributed by atoms with Gasteiger partial charge in [0.05, 0.1) is 0 Å². The van der Waals surface area contributed by atoms with Crippen LogP contribution in [-0.2, 0) is 11.2 Å². The fourth-order valence-electron chi connectivity index (χ4n) is 3.80. The molecule has 4 rings (SSSR count). The van der Waals surface area contributed by atoms with Crippen LogP contribution >= 0.6 is 11.3 Å². The standard InChI is InChI=1S/C23H22N2O4S/c1-13(2)11-19-20(21(26)27)24-22(30-19)25-23(28)29-12-18-16-9-5-3-7-14(16)15-8-4-6-10-17(15)18/h3-10,13,18H,11-12H2,1-2H3,(H,26,27)(H,24,25,28). The summed E-state index contributed by atoms with van der Waals surface area (Å²) in [7, 11) is 0. The van der Waals surface area contributed by atoms with Crippen LogP contribution in [0.3, 0.4) is 0 Å². The van der Waals surface area contributed by atoms with Crippen LogP contribution < -0.4 is 5.32 Å². The van der Waals surface area contributed by atoms with Gasteiger partial charge in [0, 0.05) is 10.8 Å². The first kappa shape index (κ1) is 20.1. The van der Waals surface area contributed by atoms with Crippen molar-refractivity contribution in [2.24, 2.45) is 5.92 Å². The number of amides is 1. The van der Waals surface area contributed by atoms with E-state index in [9.17, 15) is 14.7 Å². The van der Waals surface area contributed by atoms with Gasteiger partial charge in [0.25, 0.3) is 0 Å². The molecule has 7 heteroatoms. The van der Waals surface area contributed by atoms with Gasteiger partial charge in [-0.25, -0.2) is 14.6 Å². The first-order valence-electron chi connectivity index (χ1n) is 9.79. The highest BCUT2D eigenvalue weighted by molar-refractivity contribution is 7.16. The molecule has 1 aromatic heterocycles. The molecule has 0 fully saturated rings. The van der Waals surface area contributed by atoms with E-state index in [1.807, 2.05) is 38.1 Å². The first-order valence-corrected chi connectivity index (χ1v) is 10.6. The second-order valence-electron chi connectivity index (χ2n) is 7.64. The number of ether oxygens (including phenoxy) is 1. The number of hydrogen-bond acceptors (Lipinski definition) is 5. The number of aromatic carboxylic acids is 1. The van der Waals surface area contributed by atoms with Crippen LogP contribution in [0.1, 0.15) is 46.3 Å². The molecule has 0 radical (unpaired) electrons. The Kier molecular flexibility index (Phi) is 5.55. The lowest BCUT2D eigenvalue weighted by Crippen LogP contribution is -2.18. The molecule has 0 unspecified atom stereocenters. The summed E-state index contributed by atoms with van der Waals surface area (Å²) in [4.78, 5) is 28.5. The minimum absolute atomic E-state index is 0.0114. The van der Waals surface area contributed by atoms with Crippen LogP contribution in [0.2, 0.25) is 0 Å². The number of carboxylic acid groups (broad SMARTS) is 1. The number of rotatable bonds is 6. The number of aromatic nitrogens is 1. The number of carbonyl (C=O) groups is 2. The molecule has 0 atom stereocenters. The van der Waals surface area contributed by atoms with Gasteiger partial charge in [-0.1, -0.05) is 62.4 Å². The van der Waals surface area contributed by atoms with Gasteiger partial charge in [0.2, 0.25) is 0 Å². The summed E-state index contributed by atoms with van der Waals surface area (Å²) in [5.41, 5.74) is 4.57. The number of anilines is 1. The first-order chi connectivity index (χ1) is 14.4. The molecule has 1 heterocycles. The van der Waals surface area contributed by atoms with Crippen molar-refractivity contribution < 1.29 is 19.4 Å². The van der Waals surface area contributed by atoms with Crippen LogP contribution in [-0.4, -0.2) is 28.8 Å². The van der Waals surface area contributed by atoms with Gasteiger partial charge in [-0.05, 0) is 34.6 Å². The fraction of sp³-hybridized carbons (Fsp3) is 0.261. The Balaban J connectivity index is 1.47. The summed E-state index contributed by atoms with van der Waals surface area (Å²) in [5, 5.41) is 12.2. The minimum atomic E-state index is -1.09. The summed E-state index contributed by atoms with van der Waals surface area (Å²) in [6, 6.07) is 16.2. The molecule has 154 valence electrons. The maximum absolute atomic E-state index is 12.4. The lowest BCUT2D eigenvalue weighted by atomic mass is 9.98. The number of carbonyl (C=O) groups excluding carboxylic acids is 1. The normalized spacial score (nSPS) is 12.5. The highest BCUT2D eigenvalue weighted by Gasteiger charge is 2.29. The predicted molar refractivity (Wildman–Crippen MR) is 116 cm³/mol. The van der Waals surface area contributed by atoms with Crippen molar-refractivity contribution in [2.45, 2.75) is 26.2 Å². The average Bonchev–Trinajstić information content (AvgIpc) is 3.25. The maximum Gasteiger partial charge on any atom is 0.413 e. The van der Waals surface area contributed by atoms with Crippen molar-refractivity contribution in [3.05, 3.63) is 70.2 Å². The number of benzene rings is 2. The Morgan fingerprint density at radius 2 is 1.70 bits per heavy atom. The van der Waals surface area contributed by atoms with Gasteiger partial charge in [0.1, 0.15) is 6.61 Å². The van der Waals surface area contributed by atoms with E-state index in [2.05, 4.69) is 34.6 Å². The maximum atomic E-state index is 12.4. The van der Waals surface area contributed by atoms with Gasteiger partial charge >= 0.3 is 12.1 Å². The largest absolute Gasteiger partial charge is 0.476 e. The monoisotopic (exact) mass is 422 g/mol. The Morgan fingerprint density at radius 3 is 2.27 bits per heavy atom. The third-order valence-corrected chi connectivity index (χ3v) is 6.04. The molecule has 0 bridgehead atoms. The molecular weight excluding hydrogens is 400 g/mol. The third-order valence-electron chi connectivity index (χ3n) is 5.05. The molecule has 2 N–H and O–H groups in total. The number of nitrogens with zero attached hydrogens (tertiary/aromatic N) is 1. The van der Waals surface area contributed by atoms with Gasteiger partial charge in [-0.3, -0.25) is 5.32 Å². The van der Waals surface area contributed by atoms with E-state index in [1.54, 1.807) is 0 Å². The quantitative estimate of drug-likeness (QED) is 0.555. The van der Waals surface area contributed by atoms with Crippen molar-refractivity contribution in [1.29, 1.82) is 0 Å². The molecule has 0 saturated heterocycles. The molecule has 6 nitrogen and oxygen atoms in total. The molecule has 1 aliphatic carbocycles. The molecule has 0 spiro atoms. The van der Waals surface area contributed by atoms with Crippen LogP contribution in [0.4, 0.5) is 9.93 Å². The zero-order valence-corrected chi connectivity index (χ0v) is 17.5. The van der Waals surface area contributed by atoms with Crippen molar-refractivity contribution in [3.63, 3.8) is 0 Å². The minimum Gasteiger partial charge on any atom is -0.476 e. The van der Waals surface area contributed by atoms with E-state index in [0.29, 0.717) is 11.3 Å². The summed E-state index contributed by atoms with van der Waals surface area (Å²) in [5.74, 6) is -0.848. The second-order valence-corrected chi connectivity index (χ2v) is 8.73. The Labute approximate surface area is 178 Å². The smallest absolute Gasteiger partial charge is 0.413 e. The predicted octanol–water partition coefficient (Wildman–Crippen LogP) is 5.40. The number of nitrogens with one attached hydrogen (secondary N) is 1. The van der Waals surface area contributed by atoms with E-state index < -0.39 is 12.1 Å². The van der Waals surface area contributed by atoms with Crippen molar-refractivity contribution in [1.82, 2.24) is 4.98 Å². The lowest BCUT2D eigenvalue weighted by molar-refractivity contribution is 0.0690. The highest BCUT2D eigenvalue weighted by Crippen LogP contribution is 2.44. The Bertz CT molecular complexity index is 1060. The van der Waals surface area contributed by atoms with Crippen molar-refractivity contribution >= 4 is 28.5 Å². The zero-order chi connectivity index (χ0) is 21.3. The highest BCUT2D eigenvalue weighted by atomic mass is 32.1. The van der Waals surface area contributed by atoms with Crippen LogP contribution in [0.15, 0.2) is 48.5 Å². The molecule has 3 aromatic rings.